The molecule has 1 aliphatic rings. The first-order valence-corrected chi connectivity index (χ1v) is 7.90. The second-order valence-electron chi connectivity index (χ2n) is 4.91. The van der Waals surface area contributed by atoms with Crippen molar-refractivity contribution in [2.24, 2.45) is 0 Å². The van der Waals surface area contributed by atoms with E-state index >= 15 is 0 Å². The average molecular weight is 301 g/mol. The van der Waals surface area contributed by atoms with Crippen molar-refractivity contribution in [1.82, 2.24) is 14.6 Å². The Hall–Kier alpha value is -2.08. The van der Waals surface area contributed by atoms with Crippen molar-refractivity contribution in [1.29, 1.82) is 0 Å². The highest BCUT2D eigenvalue weighted by Gasteiger charge is 2.14. The summed E-state index contributed by atoms with van der Waals surface area (Å²) < 4.78 is 13.2. The highest BCUT2D eigenvalue weighted by molar-refractivity contribution is 7.16. The van der Waals surface area contributed by atoms with E-state index in [4.69, 9.17) is 9.47 Å². The minimum atomic E-state index is 0.691. The lowest BCUT2D eigenvalue weighted by Gasteiger charge is -2.07. The topological polar surface area (TPSA) is 48.7 Å². The third-order valence-corrected chi connectivity index (χ3v) is 4.50. The van der Waals surface area contributed by atoms with Gasteiger partial charge in [0, 0.05) is 12.0 Å². The van der Waals surface area contributed by atoms with Crippen molar-refractivity contribution >= 4 is 16.3 Å². The van der Waals surface area contributed by atoms with Crippen molar-refractivity contribution in [2.75, 3.05) is 13.2 Å². The number of aryl methyl sites for hydroxylation is 1. The first-order valence-electron chi connectivity index (χ1n) is 7.08. The van der Waals surface area contributed by atoms with Crippen molar-refractivity contribution in [3.05, 3.63) is 29.4 Å². The SMILES string of the molecule is CCc1nn2cc(-c3ccc4c(c3)OCCCO4)nc2s1. The van der Waals surface area contributed by atoms with Crippen LogP contribution in [0.4, 0.5) is 0 Å². The van der Waals surface area contributed by atoms with Crippen LogP contribution in [0.2, 0.25) is 0 Å². The van der Waals surface area contributed by atoms with Gasteiger partial charge in [0.1, 0.15) is 5.01 Å². The summed E-state index contributed by atoms with van der Waals surface area (Å²) in [7, 11) is 0. The minimum Gasteiger partial charge on any atom is -0.490 e. The molecule has 0 aliphatic carbocycles. The maximum Gasteiger partial charge on any atom is 0.212 e. The van der Waals surface area contributed by atoms with Crippen molar-refractivity contribution in [3.8, 4) is 22.8 Å². The van der Waals surface area contributed by atoms with Crippen LogP contribution in [0.5, 0.6) is 11.5 Å². The molecule has 0 atom stereocenters. The molecule has 0 spiro atoms. The Labute approximate surface area is 126 Å². The van der Waals surface area contributed by atoms with Gasteiger partial charge in [-0.1, -0.05) is 18.3 Å². The van der Waals surface area contributed by atoms with Crippen LogP contribution in [0.15, 0.2) is 24.4 Å². The van der Waals surface area contributed by atoms with Gasteiger partial charge in [-0.15, -0.1) is 0 Å². The molecule has 21 heavy (non-hydrogen) atoms. The molecule has 0 N–H and O–H groups in total. The zero-order valence-electron chi connectivity index (χ0n) is 11.7. The number of hydrogen-bond donors (Lipinski definition) is 0. The lowest BCUT2D eigenvalue weighted by atomic mass is 10.1. The zero-order chi connectivity index (χ0) is 14.2. The number of rotatable bonds is 2. The van der Waals surface area contributed by atoms with E-state index in [0.29, 0.717) is 13.2 Å². The molecule has 2 aromatic heterocycles. The van der Waals surface area contributed by atoms with E-state index in [1.54, 1.807) is 11.3 Å². The molecular formula is C15H15N3O2S. The quantitative estimate of drug-likeness (QED) is 0.729. The smallest absolute Gasteiger partial charge is 0.212 e. The summed E-state index contributed by atoms with van der Waals surface area (Å²) in [5.74, 6) is 1.60. The van der Waals surface area contributed by atoms with Gasteiger partial charge >= 0.3 is 0 Å². The van der Waals surface area contributed by atoms with Crippen LogP contribution < -0.4 is 9.47 Å². The maximum absolute atomic E-state index is 5.73. The van der Waals surface area contributed by atoms with Crippen molar-refractivity contribution < 1.29 is 9.47 Å². The molecule has 4 rings (SSSR count). The predicted molar refractivity (Wildman–Crippen MR) is 81.3 cm³/mol. The fraction of sp³-hybridized carbons (Fsp3) is 0.333. The number of fused-ring (bicyclic) bond motifs is 2. The molecule has 0 amide bonds. The summed E-state index contributed by atoms with van der Waals surface area (Å²) in [6.45, 7) is 3.50. The highest BCUT2D eigenvalue weighted by atomic mass is 32.1. The summed E-state index contributed by atoms with van der Waals surface area (Å²) in [6, 6.07) is 5.96. The highest BCUT2D eigenvalue weighted by Crippen LogP contribution is 2.34. The molecule has 1 aromatic carbocycles. The number of aromatic nitrogens is 3. The summed E-state index contributed by atoms with van der Waals surface area (Å²) in [5, 5.41) is 5.60. The van der Waals surface area contributed by atoms with E-state index in [2.05, 4.69) is 17.0 Å². The van der Waals surface area contributed by atoms with Gasteiger partial charge in [-0.25, -0.2) is 9.50 Å². The van der Waals surface area contributed by atoms with Crippen LogP contribution in [0.3, 0.4) is 0 Å². The van der Waals surface area contributed by atoms with Crippen LogP contribution >= 0.6 is 11.3 Å². The van der Waals surface area contributed by atoms with E-state index in [1.165, 1.54) is 0 Å². The first-order chi connectivity index (χ1) is 10.3. The molecule has 108 valence electrons. The summed E-state index contributed by atoms with van der Waals surface area (Å²) in [5.41, 5.74) is 1.93. The molecule has 3 heterocycles. The third-order valence-electron chi connectivity index (χ3n) is 3.43. The fourth-order valence-electron chi connectivity index (χ4n) is 2.35. The Morgan fingerprint density at radius 3 is 2.90 bits per heavy atom. The van der Waals surface area contributed by atoms with Gasteiger partial charge in [-0.3, -0.25) is 0 Å². The van der Waals surface area contributed by atoms with Gasteiger partial charge in [-0.05, 0) is 24.6 Å². The number of ether oxygens (including phenoxy) is 2. The van der Waals surface area contributed by atoms with E-state index in [9.17, 15) is 0 Å². The van der Waals surface area contributed by atoms with Crippen molar-refractivity contribution in [3.63, 3.8) is 0 Å². The lowest BCUT2D eigenvalue weighted by molar-refractivity contribution is 0.297. The van der Waals surface area contributed by atoms with Gasteiger partial charge in [0.25, 0.3) is 0 Å². The fourth-order valence-corrected chi connectivity index (χ4v) is 3.16. The Kier molecular flexibility index (Phi) is 3.03. The largest absolute Gasteiger partial charge is 0.490 e. The number of benzene rings is 1. The van der Waals surface area contributed by atoms with E-state index in [1.807, 2.05) is 28.9 Å². The van der Waals surface area contributed by atoms with E-state index in [-0.39, 0.29) is 0 Å². The van der Waals surface area contributed by atoms with E-state index < -0.39 is 0 Å². The molecule has 0 unspecified atom stereocenters. The third kappa shape index (κ3) is 2.25. The minimum absolute atomic E-state index is 0.691. The maximum atomic E-state index is 5.73. The van der Waals surface area contributed by atoms with Crippen molar-refractivity contribution in [2.45, 2.75) is 19.8 Å². The monoisotopic (exact) mass is 301 g/mol. The molecule has 0 bridgehead atoms. The molecule has 0 saturated heterocycles. The Bertz CT molecular complexity index is 762. The Balaban J connectivity index is 1.73. The van der Waals surface area contributed by atoms with Gasteiger partial charge in [0.15, 0.2) is 11.5 Å². The summed E-state index contributed by atoms with van der Waals surface area (Å²) in [6.07, 6.45) is 3.81. The molecular weight excluding hydrogens is 286 g/mol. The summed E-state index contributed by atoms with van der Waals surface area (Å²) >= 11 is 1.63. The second kappa shape index (κ2) is 5.04. The number of hydrogen-bond acceptors (Lipinski definition) is 5. The molecule has 6 heteroatoms. The normalized spacial score (nSPS) is 14.3. The summed E-state index contributed by atoms with van der Waals surface area (Å²) in [4.78, 5) is 5.57. The van der Waals surface area contributed by atoms with Crippen LogP contribution in [0.25, 0.3) is 16.2 Å². The van der Waals surface area contributed by atoms with Gasteiger partial charge in [0.05, 0.1) is 25.1 Å². The van der Waals surface area contributed by atoms with Gasteiger partial charge in [0.2, 0.25) is 4.96 Å². The number of imidazole rings is 1. The molecule has 3 aromatic rings. The van der Waals surface area contributed by atoms with Crippen LogP contribution in [-0.4, -0.2) is 27.8 Å². The molecule has 0 radical (unpaired) electrons. The van der Waals surface area contributed by atoms with Crippen LogP contribution in [0, 0.1) is 0 Å². The van der Waals surface area contributed by atoms with Gasteiger partial charge in [-0.2, -0.15) is 5.10 Å². The molecule has 1 aliphatic heterocycles. The standard InChI is InChI=1S/C15H15N3O2S/c1-2-14-17-18-9-11(16-15(18)21-14)10-4-5-12-13(8-10)20-7-3-6-19-12/h4-5,8-9H,2-3,6-7H2,1H3. The first kappa shape index (κ1) is 12.6. The average Bonchev–Trinajstić information content (AvgIpc) is 2.97. The Morgan fingerprint density at radius 2 is 2.10 bits per heavy atom. The number of nitrogens with zero attached hydrogens (tertiary/aromatic N) is 3. The Morgan fingerprint density at radius 1 is 1.24 bits per heavy atom. The molecule has 0 saturated carbocycles. The second-order valence-corrected chi connectivity index (χ2v) is 5.96. The zero-order valence-corrected chi connectivity index (χ0v) is 12.5. The van der Waals surface area contributed by atoms with Crippen LogP contribution in [-0.2, 0) is 6.42 Å². The molecule has 5 nitrogen and oxygen atoms in total. The predicted octanol–water partition coefficient (Wildman–Crippen LogP) is 3.18. The van der Waals surface area contributed by atoms with E-state index in [0.717, 1.165) is 45.6 Å². The lowest BCUT2D eigenvalue weighted by Crippen LogP contribution is -1.97. The van der Waals surface area contributed by atoms with Gasteiger partial charge < -0.3 is 9.47 Å². The molecule has 0 fully saturated rings. The van der Waals surface area contributed by atoms with Crippen LogP contribution in [0.1, 0.15) is 18.4 Å².